The van der Waals surface area contributed by atoms with Crippen LogP contribution >= 0.6 is 0 Å². The minimum atomic E-state index is -0.338. The summed E-state index contributed by atoms with van der Waals surface area (Å²) in [6, 6.07) is 11.9. The highest BCUT2D eigenvalue weighted by Gasteiger charge is 2.35. The van der Waals surface area contributed by atoms with E-state index in [4.69, 9.17) is 28.4 Å². The van der Waals surface area contributed by atoms with Gasteiger partial charge >= 0.3 is 0 Å². The number of carbonyl (C=O) groups is 2. The van der Waals surface area contributed by atoms with Crippen molar-refractivity contribution in [1.82, 2.24) is 9.80 Å². The second-order valence-electron chi connectivity index (χ2n) is 12.0. The molecule has 5 aliphatic rings. The number of carbonyl (C=O) groups excluding carboxylic acids is 2. The van der Waals surface area contributed by atoms with E-state index in [0.717, 1.165) is 11.1 Å². The van der Waals surface area contributed by atoms with Crippen molar-refractivity contribution in [2.24, 2.45) is 9.98 Å². The molecular formula is C36H32N4O9. The molecule has 2 amide bonds. The Bertz CT molecular complexity index is 2000. The molecule has 2 atom stereocenters. The van der Waals surface area contributed by atoms with E-state index < -0.39 is 0 Å². The topological polar surface area (TPSA) is 141 Å². The Kier molecular flexibility index (Phi) is 7.58. The summed E-state index contributed by atoms with van der Waals surface area (Å²) in [7, 11) is 3.03. The molecule has 0 radical (unpaired) electrons. The van der Waals surface area contributed by atoms with E-state index in [-0.39, 0.29) is 43.1 Å². The van der Waals surface area contributed by atoms with E-state index in [2.05, 4.69) is 9.98 Å². The molecule has 8 rings (SSSR count). The number of methoxy groups -OCH3 is 2. The number of fused-ring (bicyclic) bond motifs is 5. The van der Waals surface area contributed by atoms with E-state index in [1.54, 1.807) is 41.6 Å². The first-order valence-electron chi connectivity index (χ1n) is 15.8. The van der Waals surface area contributed by atoms with Gasteiger partial charge in [0.1, 0.15) is 5.76 Å². The lowest BCUT2D eigenvalue weighted by atomic mass is 10.0. The Morgan fingerprint density at radius 2 is 1.35 bits per heavy atom. The number of nitrogens with zero attached hydrogens (tertiary/aromatic N) is 4. The third-order valence-electron chi connectivity index (χ3n) is 8.96. The van der Waals surface area contributed by atoms with Crippen molar-refractivity contribution < 1.29 is 43.1 Å². The maximum absolute atomic E-state index is 13.7. The Balaban J connectivity index is 0.925. The van der Waals surface area contributed by atoms with Gasteiger partial charge in [0.25, 0.3) is 11.8 Å². The molecule has 5 aliphatic heterocycles. The molecule has 0 fully saturated rings. The summed E-state index contributed by atoms with van der Waals surface area (Å²) in [6.07, 6.45) is 8.20. The average Bonchev–Trinajstić information content (AvgIpc) is 3.83. The van der Waals surface area contributed by atoms with Crippen molar-refractivity contribution >= 4 is 41.2 Å². The molecule has 1 unspecified atom stereocenters. The number of amides is 2. The van der Waals surface area contributed by atoms with Crippen molar-refractivity contribution in [3.8, 4) is 34.5 Å². The lowest BCUT2D eigenvalue weighted by Crippen LogP contribution is -2.32. The highest BCUT2D eigenvalue weighted by Crippen LogP contribution is 2.42. The molecule has 0 aromatic heterocycles. The van der Waals surface area contributed by atoms with Crippen LogP contribution in [-0.4, -0.2) is 85.5 Å². The molecule has 1 N–H and O–H groups in total. The number of hydrogen-bond acceptors (Lipinski definition) is 11. The van der Waals surface area contributed by atoms with Crippen LogP contribution in [0.15, 0.2) is 70.6 Å². The summed E-state index contributed by atoms with van der Waals surface area (Å²) >= 11 is 0. The Labute approximate surface area is 281 Å². The number of benzene rings is 3. The molecule has 3 aromatic rings. The second-order valence-corrected chi connectivity index (χ2v) is 12.0. The molecule has 0 spiro atoms. The second kappa shape index (κ2) is 12.2. The number of ether oxygens (including phenoxy) is 6. The zero-order valence-electron chi connectivity index (χ0n) is 26.8. The van der Waals surface area contributed by atoms with Crippen LogP contribution < -0.4 is 28.4 Å². The van der Waals surface area contributed by atoms with Gasteiger partial charge in [0.05, 0.1) is 62.0 Å². The minimum absolute atomic E-state index is 0.137. The van der Waals surface area contributed by atoms with Crippen molar-refractivity contribution in [3.63, 3.8) is 0 Å². The van der Waals surface area contributed by atoms with Crippen molar-refractivity contribution in [2.45, 2.75) is 31.3 Å². The van der Waals surface area contributed by atoms with Gasteiger partial charge in [-0.15, -0.1) is 0 Å². The first kappa shape index (κ1) is 30.4. The summed E-state index contributed by atoms with van der Waals surface area (Å²) in [5.74, 6) is 2.80. The smallest absolute Gasteiger partial charge is 0.260 e. The van der Waals surface area contributed by atoms with Crippen LogP contribution in [0.4, 0.5) is 11.4 Å². The molecule has 3 aromatic carbocycles. The molecule has 13 heteroatoms. The predicted octanol–water partition coefficient (Wildman–Crippen LogP) is 5.58. The van der Waals surface area contributed by atoms with Crippen LogP contribution in [0.1, 0.15) is 45.5 Å². The van der Waals surface area contributed by atoms with E-state index in [1.807, 2.05) is 24.4 Å². The highest BCUT2D eigenvalue weighted by molar-refractivity contribution is 6.06. The van der Waals surface area contributed by atoms with Gasteiger partial charge in [0.15, 0.2) is 34.5 Å². The van der Waals surface area contributed by atoms with Gasteiger partial charge in [-0.1, -0.05) is 6.07 Å². The van der Waals surface area contributed by atoms with Gasteiger partial charge < -0.3 is 43.3 Å². The maximum atomic E-state index is 13.7. The third-order valence-corrected chi connectivity index (χ3v) is 8.96. The van der Waals surface area contributed by atoms with Crippen LogP contribution in [0.5, 0.6) is 34.5 Å². The zero-order valence-corrected chi connectivity index (χ0v) is 26.8. The third kappa shape index (κ3) is 5.46. The maximum Gasteiger partial charge on any atom is 0.260 e. The van der Waals surface area contributed by atoms with Crippen molar-refractivity contribution in [2.75, 3.05) is 34.2 Å². The summed E-state index contributed by atoms with van der Waals surface area (Å²) in [5.41, 5.74) is 3.71. The standard InChI is InChI=1S/C36H32N4O9/c1-44-30-11-25-27(37-15-22-8-21(17-39(22)35(25)42)20-4-5-29-32(9-20)49-19-48-29)13-33(30)46-6-3-7-47-34-14-28-26(12-31(34)45-2)36(43)40-18-24(41)10-23(40)16-38-28/h4-5,9,11-18,22-23,41H,3,6-8,10,19H2,1-2H3/t22?,23-/m0/s1. The van der Waals surface area contributed by atoms with Crippen LogP contribution in [0.3, 0.4) is 0 Å². The first-order valence-corrected chi connectivity index (χ1v) is 15.8. The lowest BCUT2D eigenvalue weighted by molar-refractivity contribution is 0.0809. The van der Waals surface area contributed by atoms with Crippen LogP contribution in [0.2, 0.25) is 0 Å². The summed E-state index contributed by atoms with van der Waals surface area (Å²) in [4.78, 5) is 39.2. The molecule has 0 saturated carbocycles. The Hall–Kier alpha value is -5.98. The summed E-state index contributed by atoms with van der Waals surface area (Å²) in [5, 5.41) is 9.89. The van der Waals surface area contributed by atoms with E-state index in [0.29, 0.717) is 82.9 Å². The molecular weight excluding hydrogens is 632 g/mol. The van der Waals surface area contributed by atoms with Gasteiger partial charge in [-0.2, -0.15) is 0 Å². The molecule has 0 bridgehead atoms. The van der Waals surface area contributed by atoms with Gasteiger partial charge in [0.2, 0.25) is 6.79 Å². The van der Waals surface area contributed by atoms with E-state index >= 15 is 0 Å². The van der Waals surface area contributed by atoms with Crippen molar-refractivity contribution in [1.29, 1.82) is 0 Å². The van der Waals surface area contributed by atoms with Gasteiger partial charge in [-0.25, -0.2) is 0 Å². The molecule has 13 nitrogen and oxygen atoms in total. The summed E-state index contributed by atoms with van der Waals surface area (Å²) < 4.78 is 34.2. The van der Waals surface area contributed by atoms with Crippen LogP contribution in [-0.2, 0) is 0 Å². The number of aliphatic hydroxyl groups is 1. The molecule has 5 heterocycles. The Morgan fingerprint density at radius 3 is 1.98 bits per heavy atom. The fraction of sp³-hybridized carbons (Fsp3) is 0.278. The average molecular weight is 665 g/mol. The van der Waals surface area contributed by atoms with Gasteiger partial charge in [0, 0.05) is 56.2 Å². The lowest BCUT2D eigenvalue weighted by Gasteiger charge is -2.19. The minimum Gasteiger partial charge on any atom is -0.511 e. The fourth-order valence-electron chi connectivity index (χ4n) is 6.45. The number of aliphatic imine (C=N–C) groups is 2. The van der Waals surface area contributed by atoms with E-state index in [1.165, 1.54) is 25.3 Å². The highest BCUT2D eigenvalue weighted by atomic mass is 16.7. The number of rotatable bonds is 9. The monoisotopic (exact) mass is 664 g/mol. The largest absolute Gasteiger partial charge is 0.511 e. The Morgan fingerprint density at radius 1 is 0.755 bits per heavy atom. The number of hydrogen-bond donors (Lipinski definition) is 1. The van der Waals surface area contributed by atoms with E-state index in [9.17, 15) is 14.7 Å². The first-order chi connectivity index (χ1) is 23.9. The van der Waals surface area contributed by atoms with Gasteiger partial charge in [-0.3, -0.25) is 19.6 Å². The predicted molar refractivity (Wildman–Crippen MR) is 178 cm³/mol. The van der Waals surface area contributed by atoms with Crippen molar-refractivity contribution in [3.05, 3.63) is 77.3 Å². The SMILES string of the molecule is COc1cc2c(cc1OCCCOc1cc3c(cc1OC)C(=O)N1C=C(O)C[C@H]1C=N3)N=CC1CC(c3ccc4c(c3)OCO4)=CN1C2=O. The molecule has 0 aliphatic carbocycles. The quantitative estimate of drug-likeness (QED) is 0.290. The number of aliphatic hydroxyl groups excluding tert-OH is 1. The zero-order chi connectivity index (χ0) is 33.6. The van der Waals surface area contributed by atoms with Crippen LogP contribution in [0, 0.1) is 0 Å². The van der Waals surface area contributed by atoms with Gasteiger partial charge in [-0.05, 0) is 35.4 Å². The van der Waals surface area contributed by atoms with Crippen LogP contribution in [0.25, 0.3) is 5.57 Å². The molecule has 250 valence electrons. The molecule has 49 heavy (non-hydrogen) atoms. The fourth-order valence-corrected chi connectivity index (χ4v) is 6.45. The normalized spacial score (nSPS) is 19.7. The summed E-state index contributed by atoms with van der Waals surface area (Å²) in [6.45, 7) is 0.780. The molecule has 0 saturated heterocycles.